The number of piperidine rings is 1. The van der Waals surface area contributed by atoms with Gasteiger partial charge >= 0.3 is 5.69 Å². The minimum Gasteiger partial charge on any atom is -0.349 e. The molecule has 1 aliphatic heterocycles. The van der Waals surface area contributed by atoms with E-state index in [1.54, 1.807) is 17.0 Å². The Balaban J connectivity index is 1.57. The number of likely N-dealkylation sites (tertiary alicyclic amines) is 1. The SMILES string of the molecule is O=C(NCc1n[nH]c(=O)[nH]1)[C@H]1CCC(=O)N(Cc2ccc(Cl)cc2)C1. The summed E-state index contributed by atoms with van der Waals surface area (Å²) in [6, 6.07) is 7.29. The molecule has 1 atom stereocenters. The van der Waals surface area contributed by atoms with Crippen molar-refractivity contribution in [2.75, 3.05) is 6.54 Å². The molecule has 1 aromatic carbocycles. The largest absolute Gasteiger partial charge is 0.349 e. The van der Waals surface area contributed by atoms with Gasteiger partial charge in [-0.15, -0.1) is 0 Å². The summed E-state index contributed by atoms with van der Waals surface area (Å²) < 4.78 is 0. The minimum atomic E-state index is -0.415. The Morgan fingerprint density at radius 3 is 2.76 bits per heavy atom. The molecule has 2 amide bonds. The van der Waals surface area contributed by atoms with Crippen LogP contribution in [0.4, 0.5) is 0 Å². The van der Waals surface area contributed by atoms with Crippen LogP contribution in [0.2, 0.25) is 5.02 Å². The molecule has 8 nitrogen and oxygen atoms in total. The fourth-order valence-corrected chi connectivity index (χ4v) is 2.92. The maximum Gasteiger partial charge on any atom is 0.340 e. The Bertz CT molecular complexity index is 814. The first-order valence-electron chi connectivity index (χ1n) is 7.95. The third-order valence-corrected chi connectivity index (χ3v) is 4.39. The van der Waals surface area contributed by atoms with Gasteiger partial charge in [0.15, 0.2) is 0 Å². The van der Waals surface area contributed by atoms with E-state index in [-0.39, 0.29) is 24.3 Å². The number of carbonyl (C=O) groups excluding carboxylic acids is 2. The predicted molar refractivity (Wildman–Crippen MR) is 90.6 cm³/mol. The molecule has 0 spiro atoms. The van der Waals surface area contributed by atoms with Crippen molar-refractivity contribution in [3.63, 3.8) is 0 Å². The van der Waals surface area contributed by atoms with Crippen molar-refractivity contribution in [3.05, 3.63) is 51.2 Å². The Morgan fingerprint density at radius 2 is 2.08 bits per heavy atom. The zero-order valence-corrected chi connectivity index (χ0v) is 14.2. The van der Waals surface area contributed by atoms with E-state index in [0.29, 0.717) is 36.8 Å². The van der Waals surface area contributed by atoms with Gasteiger partial charge in [-0.2, -0.15) is 5.10 Å². The van der Waals surface area contributed by atoms with Crippen LogP contribution < -0.4 is 11.0 Å². The summed E-state index contributed by atoms with van der Waals surface area (Å²) in [6.07, 6.45) is 0.851. The summed E-state index contributed by atoms with van der Waals surface area (Å²) in [4.78, 5) is 39.6. The van der Waals surface area contributed by atoms with Gasteiger partial charge in [0, 0.05) is 24.5 Å². The number of hydrogen-bond acceptors (Lipinski definition) is 4. The van der Waals surface area contributed by atoms with E-state index in [1.165, 1.54) is 0 Å². The molecule has 1 fully saturated rings. The molecule has 3 N–H and O–H groups in total. The highest BCUT2D eigenvalue weighted by molar-refractivity contribution is 6.30. The number of rotatable bonds is 5. The van der Waals surface area contributed by atoms with E-state index < -0.39 is 5.69 Å². The molecule has 2 aromatic rings. The van der Waals surface area contributed by atoms with E-state index in [4.69, 9.17) is 11.6 Å². The van der Waals surface area contributed by atoms with Crippen molar-refractivity contribution in [3.8, 4) is 0 Å². The van der Waals surface area contributed by atoms with Gasteiger partial charge in [0.05, 0.1) is 12.5 Å². The number of H-pyrrole nitrogens is 2. The van der Waals surface area contributed by atoms with Crippen LogP contribution in [0.25, 0.3) is 0 Å². The van der Waals surface area contributed by atoms with Crippen LogP contribution >= 0.6 is 11.6 Å². The summed E-state index contributed by atoms with van der Waals surface area (Å²) in [6.45, 7) is 0.954. The van der Waals surface area contributed by atoms with Crippen molar-refractivity contribution in [1.29, 1.82) is 0 Å². The van der Waals surface area contributed by atoms with Crippen molar-refractivity contribution < 1.29 is 9.59 Å². The third kappa shape index (κ3) is 4.48. The second kappa shape index (κ2) is 7.52. The molecular formula is C16H18ClN5O3. The van der Waals surface area contributed by atoms with Crippen LogP contribution in [0.1, 0.15) is 24.2 Å². The van der Waals surface area contributed by atoms with Crippen LogP contribution in [0.5, 0.6) is 0 Å². The average Bonchev–Trinajstić information content (AvgIpc) is 3.02. The molecule has 1 aliphatic rings. The molecule has 2 heterocycles. The van der Waals surface area contributed by atoms with E-state index in [1.807, 2.05) is 12.1 Å². The number of benzene rings is 1. The molecule has 0 radical (unpaired) electrons. The maximum atomic E-state index is 12.3. The van der Waals surface area contributed by atoms with Gasteiger partial charge in [-0.1, -0.05) is 23.7 Å². The van der Waals surface area contributed by atoms with Gasteiger partial charge in [-0.25, -0.2) is 9.89 Å². The zero-order chi connectivity index (χ0) is 17.8. The van der Waals surface area contributed by atoms with E-state index in [2.05, 4.69) is 20.5 Å². The van der Waals surface area contributed by atoms with Crippen LogP contribution in [-0.2, 0) is 22.7 Å². The number of amides is 2. The number of nitrogens with zero attached hydrogens (tertiary/aromatic N) is 2. The lowest BCUT2D eigenvalue weighted by atomic mass is 9.96. The Kier molecular flexibility index (Phi) is 5.18. The van der Waals surface area contributed by atoms with Gasteiger partial charge in [0.1, 0.15) is 5.82 Å². The molecule has 0 aliphatic carbocycles. The second-order valence-electron chi connectivity index (χ2n) is 5.98. The average molecular weight is 364 g/mol. The molecule has 0 unspecified atom stereocenters. The molecular weight excluding hydrogens is 346 g/mol. The van der Waals surface area contributed by atoms with Crippen molar-refractivity contribution in [2.45, 2.75) is 25.9 Å². The highest BCUT2D eigenvalue weighted by Gasteiger charge is 2.30. The van der Waals surface area contributed by atoms with Gasteiger partial charge in [-0.05, 0) is 24.1 Å². The predicted octanol–water partition coefficient (Wildman–Crippen LogP) is 0.806. The molecule has 9 heteroatoms. The summed E-state index contributed by atoms with van der Waals surface area (Å²) in [5, 5.41) is 9.36. The standard InChI is InChI=1S/C16H18ClN5O3/c17-12-4-1-10(2-5-12)8-22-9-11(3-6-14(22)23)15(24)18-7-13-19-16(25)21-20-13/h1-2,4-5,11H,3,6-9H2,(H,18,24)(H2,19,20,21,25)/t11-/m0/s1. The third-order valence-electron chi connectivity index (χ3n) is 4.14. The molecule has 1 aromatic heterocycles. The highest BCUT2D eigenvalue weighted by atomic mass is 35.5. The van der Waals surface area contributed by atoms with Gasteiger partial charge in [0.2, 0.25) is 11.8 Å². The van der Waals surface area contributed by atoms with Gasteiger partial charge in [0.25, 0.3) is 0 Å². The topological polar surface area (TPSA) is 111 Å². The lowest BCUT2D eigenvalue weighted by Gasteiger charge is -2.32. The van der Waals surface area contributed by atoms with E-state index in [9.17, 15) is 14.4 Å². The van der Waals surface area contributed by atoms with E-state index >= 15 is 0 Å². The molecule has 3 rings (SSSR count). The second-order valence-corrected chi connectivity index (χ2v) is 6.41. The number of carbonyl (C=O) groups is 2. The Morgan fingerprint density at radius 1 is 1.32 bits per heavy atom. The van der Waals surface area contributed by atoms with Crippen molar-refractivity contribution >= 4 is 23.4 Å². The number of aromatic nitrogens is 3. The quantitative estimate of drug-likeness (QED) is 0.729. The zero-order valence-electron chi connectivity index (χ0n) is 13.4. The fourth-order valence-electron chi connectivity index (χ4n) is 2.80. The fraction of sp³-hybridized carbons (Fsp3) is 0.375. The molecule has 0 saturated carbocycles. The monoisotopic (exact) mass is 363 g/mol. The van der Waals surface area contributed by atoms with Crippen LogP contribution in [-0.4, -0.2) is 38.4 Å². The van der Waals surface area contributed by atoms with Gasteiger partial charge in [-0.3, -0.25) is 14.6 Å². The Hall–Kier alpha value is -2.61. The van der Waals surface area contributed by atoms with Crippen LogP contribution in [0.3, 0.4) is 0 Å². The molecule has 132 valence electrons. The number of aromatic amines is 2. The maximum absolute atomic E-state index is 12.3. The molecule has 1 saturated heterocycles. The Labute approximate surface area is 148 Å². The normalized spacial score (nSPS) is 17.6. The number of nitrogens with one attached hydrogen (secondary N) is 3. The first-order valence-corrected chi connectivity index (χ1v) is 8.32. The first kappa shape index (κ1) is 17.2. The van der Waals surface area contributed by atoms with Crippen molar-refractivity contribution in [1.82, 2.24) is 25.4 Å². The number of halogens is 1. The highest BCUT2D eigenvalue weighted by Crippen LogP contribution is 2.20. The summed E-state index contributed by atoms with van der Waals surface area (Å²) in [5.74, 6) is -0.0352. The summed E-state index contributed by atoms with van der Waals surface area (Å²) in [5.41, 5.74) is 0.551. The van der Waals surface area contributed by atoms with E-state index in [0.717, 1.165) is 5.56 Å². The number of hydrogen-bond donors (Lipinski definition) is 3. The lowest BCUT2D eigenvalue weighted by Crippen LogP contribution is -2.45. The lowest BCUT2D eigenvalue weighted by molar-refractivity contribution is -0.139. The molecule has 25 heavy (non-hydrogen) atoms. The molecule has 0 bridgehead atoms. The first-order chi connectivity index (χ1) is 12.0. The summed E-state index contributed by atoms with van der Waals surface area (Å²) in [7, 11) is 0. The van der Waals surface area contributed by atoms with Crippen LogP contribution in [0.15, 0.2) is 29.1 Å². The van der Waals surface area contributed by atoms with Gasteiger partial charge < -0.3 is 10.2 Å². The van der Waals surface area contributed by atoms with Crippen LogP contribution in [0, 0.1) is 5.92 Å². The minimum absolute atomic E-state index is 0.0376. The summed E-state index contributed by atoms with van der Waals surface area (Å²) >= 11 is 5.87. The van der Waals surface area contributed by atoms with Crippen molar-refractivity contribution in [2.24, 2.45) is 5.92 Å². The smallest absolute Gasteiger partial charge is 0.340 e.